The van der Waals surface area contributed by atoms with Crippen LogP contribution in [0.25, 0.3) is 0 Å². The highest BCUT2D eigenvalue weighted by Crippen LogP contribution is 2.31. The van der Waals surface area contributed by atoms with Crippen molar-refractivity contribution >= 4 is 21.6 Å². The minimum Gasteiger partial charge on any atom is -0.496 e. The molecule has 162 valence electrons. The van der Waals surface area contributed by atoms with Gasteiger partial charge in [0.2, 0.25) is 0 Å². The topological polar surface area (TPSA) is 94.2 Å². The monoisotopic (exact) mass is 434 g/mol. The highest BCUT2D eigenvalue weighted by molar-refractivity contribution is 7.92. The quantitative estimate of drug-likeness (QED) is 0.720. The number of rotatable bonds is 7. The molecule has 1 aliphatic rings. The van der Waals surface area contributed by atoms with Gasteiger partial charge in [-0.1, -0.05) is 0 Å². The molecule has 1 N–H and O–H groups in total. The van der Waals surface area contributed by atoms with Crippen LogP contribution in [0.3, 0.4) is 0 Å². The van der Waals surface area contributed by atoms with Gasteiger partial charge in [0, 0.05) is 19.2 Å². The van der Waals surface area contributed by atoms with Gasteiger partial charge >= 0.3 is 0 Å². The Morgan fingerprint density at radius 1 is 0.867 bits per heavy atom. The molecule has 1 amide bonds. The van der Waals surface area contributed by atoms with Crippen LogP contribution in [-0.4, -0.2) is 53.6 Å². The van der Waals surface area contributed by atoms with E-state index >= 15 is 0 Å². The van der Waals surface area contributed by atoms with Crippen LogP contribution in [-0.2, 0) is 10.0 Å². The number of hydrogen-bond acceptors (Lipinski definition) is 6. The average molecular weight is 435 g/mol. The fourth-order valence-electron chi connectivity index (χ4n) is 3.40. The number of hydrogen-bond donors (Lipinski definition) is 1. The van der Waals surface area contributed by atoms with Crippen LogP contribution in [0.4, 0.5) is 5.69 Å². The predicted octanol–water partition coefficient (Wildman–Crippen LogP) is 3.14. The van der Waals surface area contributed by atoms with Crippen LogP contribution in [0.15, 0.2) is 41.3 Å². The molecule has 2 aromatic carbocycles. The number of carbonyl (C=O) groups excluding carboxylic acids is 1. The van der Waals surface area contributed by atoms with Crippen molar-refractivity contribution < 1.29 is 27.4 Å². The molecule has 0 saturated carbocycles. The van der Waals surface area contributed by atoms with E-state index < -0.39 is 10.0 Å². The number of ether oxygens (including phenoxy) is 3. The zero-order chi connectivity index (χ0) is 21.7. The van der Waals surface area contributed by atoms with E-state index in [1.165, 1.54) is 45.6 Å². The van der Waals surface area contributed by atoms with Gasteiger partial charge in [-0.15, -0.1) is 0 Å². The maximum Gasteiger partial charge on any atom is 0.261 e. The minimum absolute atomic E-state index is 0.0292. The maximum absolute atomic E-state index is 13.0. The molecular formula is C21H26N2O6S. The Balaban J connectivity index is 1.91. The van der Waals surface area contributed by atoms with E-state index in [-0.39, 0.29) is 16.4 Å². The fraction of sp³-hybridized carbons (Fsp3) is 0.381. The summed E-state index contributed by atoms with van der Waals surface area (Å²) < 4.78 is 44.1. The van der Waals surface area contributed by atoms with E-state index in [0.717, 1.165) is 19.3 Å². The highest BCUT2D eigenvalue weighted by atomic mass is 32.2. The normalized spacial score (nSPS) is 14.2. The van der Waals surface area contributed by atoms with Crippen molar-refractivity contribution in [3.63, 3.8) is 0 Å². The number of methoxy groups -OCH3 is 3. The Morgan fingerprint density at radius 3 is 2.13 bits per heavy atom. The van der Waals surface area contributed by atoms with Gasteiger partial charge in [0.1, 0.15) is 5.75 Å². The third-order valence-corrected chi connectivity index (χ3v) is 6.37. The Hall–Kier alpha value is -2.94. The first-order chi connectivity index (χ1) is 14.4. The molecule has 1 heterocycles. The molecule has 3 rings (SSSR count). The highest BCUT2D eigenvalue weighted by Gasteiger charge is 2.24. The van der Waals surface area contributed by atoms with Crippen LogP contribution in [0.5, 0.6) is 17.2 Å². The molecule has 1 saturated heterocycles. The molecule has 0 unspecified atom stereocenters. The summed E-state index contributed by atoms with van der Waals surface area (Å²) >= 11 is 0. The van der Waals surface area contributed by atoms with E-state index in [2.05, 4.69) is 4.72 Å². The summed E-state index contributed by atoms with van der Waals surface area (Å²) in [5.74, 6) is 0.998. The average Bonchev–Trinajstić information content (AvgIpc) is 2.78. The first-order valence-electron chi connectivity index (χ1n) is 9.61. The number of piperidine rings is 1. The largest absolute Gasteiger partial charge is 0.496 e. The first-order valence-corrected chi connectivity index (χ1v) is 11.1. The van der Waals surface area contributed by atoms with Crippen LogP contribution in [0, 0.1) is 0 Å². The Bertz CT molecular complexity index is 1020. The van der Waals surface area contributed by atoms with Gasteiger partial charge in [-0.3, -0.25) is 9.52 Å². The van der Waals surface area contributed by atoms with Crippen molar-refractivity contribution in [2.24, 2.45) is 0 Å². The number of nitrogens with zero attached hydrogens (tertiary/aromatic N) is 1. The van der Waals surface area contributed by atoms with Crippen molar-refractivity contribution in [3.8, 4) is 17.2 Å². The van der Waals surface area contributed by atoms with Crippen molar-refractivity contribution in [1.29, 1.82) is 0 Å². The lowest BCUT2D eigenvalue weighted by atomic mass is 10.1. The first kappa shape index (κ1) is 21.8. The molecule has 0 aliphatic carbocycles. The van der Waals surface area contributed by atoms with Crippen molar-refractivity contribution in [1.82, 2.24) is 4.90 Å². The van der Waals surface area contributed by atoms with Gasteiger partial charge in [-0.2, -0.15) is 0 Å². The summed E-state index contributed by atoms with van der Waals surface area (Å²) in [6.45, 7) is 1.31. The summed E-state index contributed by atoms with van der Waals surface area (Å²) in [5.41, 5.74) is 0.543. The third kappa shape index (κ3) is 4.62. The number of carbonyl (C=O) groups is 1. The molecule has 0 atom stereocenters. The molecule has 0 radical (unpaired) electrons. The third-order valence-electron chi connectivity index (χ3n) is 4.99. The summed E-state index contributed by atoms with van der Waals surface area (Å²) in [6.07, 6.45) is 2.96. The van der Waals surface area contributed by atoms with Crippen molar-refractivity contribution in [3.05, 3.63) is 42.0 Å². The molecule has 2 aromatic rings. The molecular weight excluding hydrogens is 408 g/mol. The Kier molecular flexibility index (Phi) is 6.71. The van der Waals surface area contributed by atoms with Crippen molar-refractivity contribution in [2.45, 2.75) is 24.2 Å². The lowest BCUT2D eigenvalue weighted by molar-refractivity contribution is 0.0720. The standard InChI is InChI=1S/C21H26N2O6S/c1-27-18-10-8-16(14-17(18)21(24)23-11-5-4-6-12-23)30(25,26)22-15-7-9-19(28-2)20(13-15)29-3/h7-10,13-14,22H,4-6,11-12H2,1-3H3. The number of likely N-dealkylation sites (tertiary alicyclic amines) is 1. The minimum atomic E-state index is -3.94. The lowest BCUT2D eigenvalue weighted by Crippen LogP contribution is -2.35. The molecule has 8 nitrogen and oxygen atoms in total. The van der Waals surface area contributed by atoms with Crippen LogP contribution >= 0.6 is 0 Å². The van der Waals surface area contributed by atoms with E-state index in [9.17, 15) is 13.2 Å². The SMILES string of the molecule is COc1ccc(NS(=O)(=O)c2ccc(OC)c(C(=O)N3CCCCC3)c2)cc1OC. The molecule has 9 heteroatoms. The van der Waals surface area contributed by atoms with Crippen LogP contribution < -0.4 is 18.9 Å². The van der Waals surface area contributed by atoms with Crippen molar-refractivity contribution in [2.75, 3.05) is 39.1 Å². The van der Waals surface area contributed by atoms with Gasteiger partial charge in [0.05, 0.1) is 37.5 Å². The van der Waals surface area contributed by atoms with Gasteiger partial charge in [-0.05, 0) is 49.6 Å². The van der Waals surface area contributed by atoms with Gasteiger partial charge in [0.15, 0.2) is 11.5 Å². The lowest BCUT2D eigenvalue weighted by Gasteiger charge is -2.27. The summed E-state index contributed by atoms with van der Waals surface area (Å²) in [5, 5.41) is 0. The summed E-state index contributed by atoms with van der Waals surface area (Å²) in [6, 6.07) is 8.98. The Labute approximate surface area is 176 Å². The molecule has 0 bridgehead atoms. The molecule has 1 fully saturated rings. The molecule has 30 heavy (non-hydrogen) atoms. The van der Waals surface area contributed by atoms with Crippen LogP contribution in [0.2, 0.25) is 0 Å². The second kappa shape index (κ2) is 9.25. The molecule has 1 aliphatic heterocycles. The van der Waals surface area contributed by atoms with Gasteiger partial charge in [0.25, 0.3) is 15.9 Å². The van der Waals surface area contributed by atoms with E-state index in [1.807, 2.05) is 0 Å². The smallest absolute Gasteiger partial charge is 0.261 e. The Morgan fingerprint density at radius 2 is 1.50 bits per heavy atom. The summed E-state index contributed by atoms with van der Waals surface area (Å²) in [4.78, 5) is 14.7. The number of nitrogens with one attached hydrogen (secondary N) is 1. The second-order valence-electron chi connectivity index (χ2n) is 6.89. The van der Waals surface area contributed by atoms with E-state index in [1.54, 1.807) is 17.0 Å². The van der Waals surface area contributed by atoms with E-state index in [0.29, 0.717) is 36.0 Å². The number of anilines is 1. The van der Waals surface area contributed by atoms with Crippen LogP contribution in [0.1, 0.15) is 29.6 Å². The number of sulfonamides is 1. The molecule has 0 aromatic heterocycles. The zero-order valence-corrected chi connectivity index (χ0v) is 18.1. The second-order valence-corrected chi connectivity index (χ2v) is 8.57. The van der Waals surface area contributed by atoms with Gasteiger partial charge < -0.3 is 19.1 Å². The predicted molar refractivity (Wildman–Crippen MR) is 113 cm³/mol. The zero-order valence-electron chi connectivity index (χ0n) is 17.3. The number of amides is 1. The number of benzene rings is 2. The fourth-order valence-corrected chi connectivity index (χ4v) is 4.48. The van der Waals surface area contributed by atoms with Gasteiger partial charge in [-0.25, -0.2) is 8.42 Å². The maximum atomic E-state index is 13.0. The summed E-state index contributed by atoms with van der Waals surface area (Å²) in [7, 11) is 0.485. The van der Waals surface area contributed by atoms with E-state index in [4.69, 9.17) is 14.2 Å². The molecule has 0 spiro atoms.